The van der Waals surface area contributed by atoms with Crippen molar-refractivity contribution in [3.63, 3.8) is 0 Å². The standard InChI is InChI=1S/C15H22N2O2/c18-15(17-14-8-10-16-11-9-14)19-12-4-7-13-5-2-1-3-6-13/h1-3,5-6,14,16H,4,7-12H2,(H,17,18). The lowest BCUT2D eigenvalue weighted by Crippen LogP contribution is -2.43. The molecule has 0 unspecified atom stereocenters. The Labute approximate surface area is 114 Å². The highest BCUT2D eigenvalue weighted by atomic mass is 16.5. The molecule has 19 heavy (non-hydrogen) atoms. The van der Waals surface area contributed by atoms with E-state index in [4.69, 9.17) is 4.74 Å². The third-order valence-electron chi connectivity index (χ3n) is 3.35. The van der Waals surface area contributed by atoms with Gasteiger partial charge in [-0.25, -0.2) is 4.79 Å². The fourth-order valence-electron chi connectivity index (χ4n) is 2.26. The summed E-state index contributed by atoms with van der Waals surface area (Å²) in [6, 6.07) is 10.5. The monoisotopic (exact) mass is 262 g/mol. The normalized spacial score (nSPS) is 16.0. The van der Waals surface area contributed by atoms with Crippen LogP contribution in [0.4, 0.5) is 4.79 Å². The van der Waals surface area contributed by atoms with Gasteiger partial charge in [0, 0.05) is 6.04 Å². The van der Waals surface area contributed by atoms with Gasteiger partial charge in [0.2, 0.25) is 0 Å². The van der Waals surface area contributed by atoms with Gasteiger partial charge in [-0.3, -0.25) is 0 Å². The number of nitrogens with one attached hydrogen (secondary N) is 2. The van der Waals surface area contributed by atoms with E-state index in [1.165, 1.54) is 5.56 Å². The maximum absolute atomic E-state index is 11.6. The van der Waals surface area contributed by atoms with Crippen molar-refractivity contribution < 1.29 is 9.53 Å². The minimum Gasteiger partial charge on any atom is -0.450 e. The molecule has 1 aromatic carbocycles. The molecule has 1 aromatic rings. The lowest BCUT2D eigenvalue weighted by Gasteiger charge is -2.23. The van der Waals surface area contributed by atoms with Gasteiger partial charge >= 0.3 is 6.09 Å². The van der Waals surface area contributed by atoms with E-state index < -0.39 is 0 Å². The molecule has 1 heterocycles. The van der Waals surface area contributed by atoms with Crippen molar-refractivity contribution in [2.45, 2.75) is 31.7 Å². The number of hydrogen-bond acceptors (Lipinski definition) is 3. The third-order valence-corrected chi connectivity index (χ3v) is 3.35. The molecule has 1 amide bonds. The van der Waals surface area contributed by atoms with Crippen molar-refractivity contribution in [1.29, 1.82) is 0 Å². The Bertz CT molecular complexity index is 375. The van der Waals surface area contributed by atoms with Gasteiger partial charge in [0.25, 0.3) is 0 Å². The van der Waals surface area contributed by atoms with E-state index in [0.29, 0.717) is 6.61 Å². The summed E-state index contributed by atoms with van der Waals surface area (Å²) in [4.78, 5) is 11.6. The Hall–Kier alpha value is -1.55. The van der Waals surface area contributed by atoms with Crippen LogP contribution in [-0.2, 0) is 11.2 Å². The van der Waals surface area contributed by atoms with Crippen LogP contribution in [0.2, 0.25) is 0 Å². The molecule has 4 nitrogen and oxygen atoms in total. The van der Waals surface area contributed by atoms with Gasteiger partial charge in [0.1, 0.15) is 0 Å². The lowest BCUT2D eigenvalue weighted by molar-refractivity contribution is 0.138. The molecule has 0 radical (unpaired) electrons. The predicted molar refractivity (Wildman–Crippen MR) is 75.1 cm³/mol. The smallest absolute Gasteiger partial charge is 0.407 e. The number of hydrogen-bond donors (Lipinski definition) is 2. The van der Waals surface area contributed by atoms with Gasteiger partial charge in [0.15, 0.2) is 0 Å². The third kappa shape index (κ3) is 5.30. The van der Waals surface area contributed by atoms with Gasteiger partial charge < -0.3 is 15.4 Å². The average Bonchev–Trinajstić information content (AvgIpc) is 2.46. The van der Waals surface area contributed by atoms with Crippen LogP contribution < -0.4 is 10.6 Å². The quantitative estimate of drug-likeness (QED) is 0.799. The molecule has 0 bridgehead atoms. The number of aryl methyl sites for hydroxylation is 1. The maximum Gasteiger partial charge on any atom is 0.407 e. The Morgan fingerprint density at radius 3 is 2.74 bits per heavy atom. The number of alkyl carbamates (subject to hydrolysis) is 1. The lowest BCUT2D eigenvalue weighted by atomic mass is 10.1. The molecule has 0 aliphatic carbocycles. The van der Waals surface area contributed by atoms with Crippen LogP contribution in [0.25, 0.3) is 0 Å². The topological polar surface area (TPSA) is 50.4 Å². The molecule has 4 heteroatoms. The first-order chi connectivity index (χ1) is 9.34. The molecule has 2 N–H and O–H groups in total. The van der Waals surface area contributed by atoms with Crippen molar-refractivity contribution in [1.82, 2.24) is 10.6 Å². The largest absolute Gasteiger partial charge is 0.450 e. The van der Waals surface area contributed by atoms with E-state index in [1.54, 1.807) is 0 Å². The minimum absolute atomic E-state index is 0.267. The van der Waals surface area contributed by atoms with Gasteiger partial charge in [-0.1, -0.05) is 30.3 Å². The van der Waals surface area contributed by atoms with E-state index >= 15 is 0 Å². The van der Waals surface area contributed by atoms with Crippen LogP contribution in [0.5, 0.6) is 0 Å². The van der Waals surface area contributed by atoms with E-state index in [0.717, 1.165) is 38.8 Å². The highest BCUT2D eigenvalue weighted by Crippen LogP contribution is 2.04. The Morgan fingerprint density at radius 2 is 2.00 bits per heavy atom. The number of ether oxygens (including phenoxy) is 1. The summed E-state index contributed by atoms with van der Waals surface area (Å²) < 4.78 is 5.20. The molecule has 1 aliphatic rings. The summed E-state index contributed by atoms with van der Waals surface area (Å²) in [5.74, 6) is 0. The number of benzene rings is 1. The van der Waals surface area contributed by atoms with Crippen LogP contribution in [0, 0.1) is 0 Å². The summed E-state index contributed by atoms with van der Waals surface area (Å²) in [5.41, 5.74) is 1.28. The summed E-state index contributed by atoms with van der Waals surface area (Å²) >= 11 is 0. The second-order valence-corrected chi connectivity index (χ2v) is 4.89. The van der Waals surface area contributed by atoms with Crippen molar-refractivity contribution >= 4 is 6.09 Å². The molecule has 1 fully saturated rings. The highest BCUT2D eigenvalue weighted by molar-refractivity contribution is 5.67. The number of carbonyl (C=O) groups is 1. The Kier molecular flexibility index (Phi) is 5.69. The molecule has 0 spiro atoms. The summed E-state index contributed by atoms with van der Waals surface area (Å²) in [6.45, 7) is 2.42. The zero-order valence-corrected chi connectivity index (χ0v) is 11.2. The van der Waals surface area contributed by atoms with Crippen LogP contribution in [0.3, 0.4) is 0 Å². The Balaban J connectivity index is 1.56. The van der Waals surface area contributed by atoms with Crippen LogP contribution in [0.15, 0.2) is 30.3 Å². The maximum atomic E-state index is 11.6. The number of rotatable bonds is 5. The minimum atomic E-state index is -0.278. The summed E-state index contributed by atoms with van der Waals surface area (Å²) in [5, 5.41) is 6.18. The zero-order valence-electron chi connectivity index (χ0n) is 11.2. The van der Waals surface area contributed by atoms with Crippen molar-refractivity contribution in [2.75, 3.05) is 19.7 Å². The predicted octanol–water partition coefficient (Wildman–Crippen LogP) is 2.10. The van der Waals surface area contributed by atoms with Crippen molar-refractivity contribution in [3.05, 3.63) is 35.9 Å². The zero-order chi connectivity index (χ0) is 13.3. The molecule has 1 aliphatic heterocycles. The molecule has 104 valence electrons. The second kappa shape index (κ2) is 7.79. The van der Waals surface area contributed by atoms with Crippen molar-refractivity contribution in [2.24, 2.45) is 0 Å². The van der Waals surface area contributed by atoms with Gasteiger partial charge in [-0.2, -0.15) is 0 Å². The number of carbonyl (C=O) groups excluding carboxylic acids is 1. The number of amides is 1. The molecule has 0 aromatic heterocycles. The Morgan fingerprint density at radius 1 is 1.26 bits per heavy atom. The van der Waals surface area contributed by atoms with Gasteiger partial charge in [0.05, 0.1) is 6.61 Å². The van der Waals surface area contributed by atoms with E-state index in [-0.39, 0.29) is 12.1 Å². The molecule has 0 atom stereocenters. The summed E-state index contributed by atoms with van der Waals surface area (Å²) in [7, 11) is 0. The first kappa shape index (κ1) is 13.9. The van der Waals surface area contributed by atoms with Crippen LogP contribution in [0.1, 0.15) is 24.8 Å². The molecular weight excluding hydrogens is 240 g/mol. The molecule has 2 rings (SSSR count). The SMILES string of the molecule is O=C(NC1CCNCC1)OCCCc1ccccc1. The van der Waals surface area contributed by atoms with Crippen molar-refractivity contribution in [3.8, 4) is 0 Å². The first-order valence-corrected chi connectivity index (χ1v) is 7.02. The fraction of sp³-hybridized carbons (Fsp3) is 0.533. The molecule has 1 saturated heterocycles. The van der Waals surface area contributed by atoms with E-state index in [1.807, 2.05) is 18.2 Å². The highest BCUT2D eigenvalue weighted by Gasteiger charge is 2.15. The van der Waals surface area contributed by atoms with Crippen LogP contribution >= 0.6 is 0 Å². The number of piperidine rings is 1. The van der Waals surface area contributed by atoms with Gasteiger partial charge in [-0.15, -0.1) is 0 Å². The average molecular weight is 262 g/mol. The molecule has 0 saturated carbocycles. The van der Waals surface area contributed by atoms with E-state index in [9.17, 15) is 4.79 Å². The second-order valence-electron chi connectivity index (χ2n) is 4.89. The first-order valence-electron chi connectivity index (χ1n) is 7.02. The van der Waals surface area contributed by atoms with Crippen LogP contribution in [-0.4, -0.2) is 31.8 Å². The molecular formula is C15H22N2O2. The fourth-order valence-corrected chi connectivity index (χ4v) is 2.26. The summed E-state index contributed by atoms with van der Waals surface area (Å²) in [6.07, 6.45) is 3.50. The van der Waals surface area contributed by atoms with E-state index in [2.05, 4.69) is 22.8 Å². The van der Waals surface area contributed by atoms with Gasteiger partial charge in [-0.05, 0) is 44.3 Å².